The Kier molecular flexibility index (Phi) is 5.66. The fourth-order valence-electron chi connectivity index (χ4n) is 2.35. The van der Waals surface area contributed by atoms with Crippen molar-refractivity contribution in [2.24, 2.45) is 0 Å². The number of rotatable bonds is 5. The smallest absolute Gasteiger partial charge is 0.291 e. The van der Waals surface area contributed by atoms with Crippen LogP contribution < -0.4 is 10.6 Å². The van der Waals surface area contributed by atoms with Crippen molar-refractivity contribution < 1.29 is 22.4 Å². The van der Waals surface area contributed by atoms with Gasteiger partial charge >= 0.3 is 0 Å². The van der Waals surface area contributed by atoms with Crippen molar-refractivity contribution in [2.75, 3.05) is 10.6 Å². The van der Waals surface area contributed by atoms with Crippen LogP contribution in [0, 0.1) is 0 Å². The number of hydrogen-bond donors (Lipinski definition) is 2. The van der Waals surface area contributed by atoms with Gasteiger partial charge in [0.05, 0.1) is 4.90 Å². The fraction of sp³-hybridized carbons (Fsp3) is 0.0526. The van der Waals surface area contributed by atoms with Crippen molar-refractivity contribution >= 4 is 49.0 Å². The summed E-state index contributed by atoms with van der Waals surface area (Å²) in [6.45, 7) is 1.40. The summed E-state index contributed by atoms with van der Waals surface area (Å²) >= 11 is 3.25. The van der Waals surface area contributed by atoms with E-state index in [0.29, 0.717) is 11.4 Å². The van der Waals surface area contributed by atoms with E-state index in [2.05, 4.69) is 26.6 Å². The first-order valence-electron chi connectivity index (χ1n) is 8.05. The molecule has 144 valence electrons. The Bertz CT molecular complexity index is 1120. The first kappa shape index (κ1) is 19.8. The summed E-state index contributed by atoms with van der Waals surface area (Å²) in [7, 11) is -3.87. The lowest BCUT2D eigenvalue weighted by Crippen LogP contribution is -2.11. The molecule has 7 nitrogen and oxygen atoms in total. The molecular formula is C19H15BrN2O5S. The highest BCUT2D eigenvalue weighted by atomic mass is 79.9. The van der Waals surface area contributed by atoms with Gasteiger partial charge in [-0.3, -0.25) is 9.59 Å². The highest BCUT2D eigenvalue weighted by molar-refractivity contribution is 9.10. The molecule has 1 aromatic heterocycles. The van der Waals surface area contributed by atoms with E-state index in [-0.39, 0.29) is 21.7 Å². The van der Waals surface area contributed by atoms with Gasteiger partial charge in [-0.2, -0.15) is 0 Å². The van der Waals surface area contributed by atoms with Crippen LogP contribution in [0.2, 0.25) is 0 Å². The SMILES string of the molecule is CC(=O)Nc1ccc(NC(=O)c2ccc(S(=O)(=O)c3ccc(Br)cc3)o2)cc1. The van der Waals surface area contributed by atoms with Gasteiger partial charge < -0.3 is 15.1 Å². The second-order valence-electron chi connectivity index (χ2n) is 5.79. The molecule has 28 heavy (non-hydrogen) atoms. The number of anilines is 2. The summed E-state index contributed by atoms with van der Waals surface area (Å²) in [5, 5.41) is 4.90. The van der Waals surface area contributed by atoms with E-state index in [0.717, 1.165) is 4.47 Å². The Morgan fingerprint density at radius 1 is 0.857 bits per heavy atom. The number of hydrogen-bond acceptors (Lipinski definition) is 5. The number of sulfone groups is 1. The van der Waals surface area contributed by atoms with E-state index in [9.17, 15) is 18.0 Å². The number of furan rings is 1. The molecule has 2 amide bonds. The third kappa shape index (κ3) is 4.49. The van der Waals surface area contributed by atoms with Gasteiger partial charge in [-0.05, 0) is 60.7 Å². The summed E-state index contributed by atoms with van der Waals surface area (Å²) in [6, 6.07) is 15.1. The maximum Gasteiger partial charge on any atom is 0.291 e. The zero-order valence-corrected chi connectivity index (χ0v) is 17.0. The van der Waals surface area contributed by atoms with Gasteiger partial charge in [0.2, 0.25) is 20.8 Å². The van der Waals surface area contributed by atoms with E-state index in [4.69, 9.17) is 4.42 Å². The van der Waals surface area contributed by atoms with Crippen molar-refractivity contribution in [1.82, 2.24) is 0 Å². The van der Waals surface area contributed by atoms with Gasteiger partial charge in [0.25, 0.3) is 5.91 Å². The number of carbonyl (C=O) groups is 2. The van der Waals surface area contributed by atoms with E-state index >= 15 is 0 Å². The van der Waals surface area contributed by atoms with Crippen LogP contribution in [0.25, 0.3) is 0 Å². The molecule has 0 aliphatic carbocycles. The molecule has 0 fully saturated rings. The second kappa shape index (κ2) is 7.99. The normalized spacial score (nSPS) is 11.1. The topological polar surface area (TPSA) is 105 Å². The molecule has 0 saturated carbocycles. The Hall–Kier alpha value is -2.91. The second-order valence-corrected chi connectivity index (χ2v) is 8.59. The minimum absolute atomic E-state index is 0.0607. The molecule has 9 heteroatoms. The van der Waals surface area contributed by atoms with Gasteiger partial charge in [0.15, 0.2) is 5.76 Å². The molecule has 0 atom stereocenters. The van der Waals surface area contributed by atoms with Gasteiger partial charge in [0.1, 0.15) is 0 Å². The monoisotopic (exact) mass is 462 g/mol. The average molecular weight is 463 g/mol. The van der Waals surface area contributed by atoms with E-state index in [1.807, 2.05) is 0 Å². The van der Waals surface area contributed by atoms with Crippen LogP contribution in [0.3, 0.4) is 0 Å². The number of amides is 2. The van der Waals surface area contributed by atoms with Crippen LogP contribution in [0.4, 0.5) is 11.4 Å². The standard InChI is InChI=1S/C19H15BrN2O5S/c1-12(23)21-14-4-6-15(7-5-14)22-19(24)17-10-11-18(27-17)28(25,26)16-8-2-13(20)3-9-16/h2-11H,1H3,(H,21,23)(H,22,24). The van der Waals surface area contributed by atoms with Crippen LogP contribution in [0.15, 0.2) is 79.5 Å². The first-order chi connectivity index (χ1) is 13.3. The van der Waals surface area contributed by atoms with Crippen molar-refractivity contribution in [3.8, 4) is 0 Å². The summed E-state index contributed by atoms with van der Waals surface area (Å²) in [5.74, 6) is -0.932. The number of halogens is 1. The predicted octanol–water partition coefficient (Wildman–Crippen LogP) is 4.09. The Labute approximate surface area is 169 Å². The lowest BCUT2D eigenvalue weighted by atomic mass is 10.2. The van der Waals surface area contributed by atoms with E-state index in [1.54, 1.807) is 36.4 Å². The fourth-order valence-corrected chi connectivity index (χ4v) is 3.79. The van der Waals surface area contributed by atoms with Gasteiger partial charge in [-0.25, -0.2) is 8.42 Å². The largest absolute Gasteiger partial charge is 0.439 e. The van der Waals surface area contributed by atoms with E-state index < -0.39 is 15.7 Å². The summed E-state index contributed by atoms with van der Waals surface area (Å²) in [5.41, 5.74) is 1.05. The quantitative estimate of drug-likeness (QED) is 0.593. The first-order valence-corrected chi connectivity index (χ1v) is 10.3. The molecule has 0 aliphatic heterocycles. The minimum atomic E-state index is -3.87. The van der Waals surface area contributed by atoms with Crippen molar-refractivity contribution in [3.05, 3.63) is 70.9 Å². The Morgan fingerprint density at radius 3 is 2.00 bits per heavy atom. The molecule has 3 aromatic rings. The highest BCUT2D eigenvalue weighted by Crippen LogP contribution is 2.25. The molecule has 3 rings (SSSR count). The average Bonchev–Trinajstić information content (AvgIpc) is 3.14. The molecule has 1 heterocycles. The Morgan fingerprint density at radius 2 is 1.43 bits per heavy atom. The molecule has 0 saturated heterocycles. The molecule has 2 N–H and O–H groups in total. The van der Waals surface area contributed by atoms with Gasteiger partial charge in [-0.1, -0.05) is 15.9 Å². The predicted molar refractivity (Wildman–Crippen MR) is 107 cm³/mol. The molecule has 0 aliphatic rings. The third-order valence-electron chi connectivity index (χ3n) is 3.66. The molecule has 2 aromatic carbocycles. The van der Waals surface area contributed by atoms with Crippen LogP contribution >= 0.6 is 15.9 Å². The van der Waals surface area contributed by atoms with Gasteiger partial charge in [0, 0.05) is 22.8 Å². The van der Waals surface area contributed by atoms with Crippen LogP contribution in [-0.2, 0) is 14.6 Å². The molecule has 0 unspecified atom stereocenters. The number of benzene rings is 2. The maximum absolute atomic E-state index is 12.6. The minimum Gasteiger partial charge on any atom is -0.439 e. The maximum atomic E-state index is 12.6. The lowest BCUT2D eigenvalue weighted by molar-refractivity contribution is -0.114. The Balaban J connectivity index is 1.75. The number of nitrogens with one attached hydrogen (secondary N) is 2. The number of carbonyl (C=O) groups excluding carboxylic acids is 2. The van der Waals surface area contributed by atoms with Crippen LogP contribution in [0.1, 0.15) is 17.5 Å². The zero-order valence-electron chi connectivity index (χ0n) is 14.6. The van der Waals surface area contributed by atoms with Gasteiger partial charge in [-0.15, -0.1) is 0 Å². The summed E-state index contributed by atoms with van der Waals surface area (Å²) < 4.78 is 31.2. The molecule has 0 bridgehead atoms. The zero-order chi connectivity index (χ0) is 20.3. The van der Waals surface area contributed by atoms with E-state index in [1.165, 1.54) is 31.2 Å². The van der Waals surface area contributed by atoms with Crippen molar-refractivity contribution in [3.63, 3.8) is 0 Å². The summed E-state index contributed by atoms with van der Waals surface area (Å²) in [6.07, 6.45) is 0. The summed E-state index contributed by atoms with van der Waals surface area (Å²) in [4.78, 5) is 23.4. The lowest BCUT2D eigenvalue weighted by Gasteiger charge is -2.06. The highest BCUT2D eigenvalue weighted by Gasteiger charge is 2.23. The molecule has 0 spiro atoms. The third-order valence-corrected chi connectivity index (χ3v) is 5.83. The van der Waals surface area contributed by atoms with Crippen LogP contribution in [0.5, 0.6) is 0 Å². The van der Waals surface area contributed by atoms with Crippen LogP contribution in [-0.4, -0.2) is 20.2 Å². The van der Waals surface area contributed by atoms with Crippen molar-refractivity contribution in [1.29, 1.82) is 0 Å². The molecular weight excluding hydrogens is 448 g/mol. The van der Waals surface area contributed by atoms with Crippen molar-refractivity contribution in [2.45, 2.75) is 16.9 Å². The molecule has 0 radical (unpaired) electrons.